The molecule has 0 saturated heterocycles. The molecule has 0 heterocycles. The van der Waals surface area contributed by atoms with Gasteiger partial charge in [0.25, 0.3) is 0 Å². The highest BCUT2D eigenvalue weighted by molar-refractivity contribution is 5.41. The molecule has 0 bridgehead atoms. The van der Waals surface area contributed by atoms with Gasteiger partial charge in [0.1, 0.15) is 11.9 Å². The molecule has 2 aliphatic carbocycles. The van der Waals surface area contributed by atoms with E-state index in [1.54, 1.807) is 6.07 Å². The molecule has 1 nitrogen and oxygen atoms in total. The van der Waals surface area contributed by atoms with Gasteiger partial charge < -0.3 is 0 Å². The van der Waals surface area contributed by atoms with Crippen LogP contribution >= 0.6 is 0 Å². The van der Waals surface area contributed by atoms with E-state index in [0.29, 0.717) is 5.92 Å². The van der Waals surface area contributed by atoms with Crippen molar-refractivity contribution in [2.24, 2.45) is 17.8 Å². The Balaban J connectivity index is 1.42. The zero-order chi connectivity index (χ0) is 18.4. The van der Waals surface area contributed by atoms with E-state index in [1.807, 2.05) is 6.07 Å². The molecule has 0 radical (unpaired) electrons. The molecule has 26 heavy (non-hydrogen) atoms. The lowest BCUT2D eigenvalue weighted by Crippen LogP contribution is -2.18. The summed E-state index contributed by atoms with van der Waals surface area (Å²) in [6, 6.07) is 7.20. The molecule has 0 atom stereocenters. The molecule has 142 valence electrons. The summed E-state index contributed by atoms with van der Waals surface area (Å²) in [6.07, 6.45) is 16.1. The molecule has 0 unspecified atom stereocenters. The Hall–Kier alpha value is -1.36. The summed E-state index contributed by atoms with van der Waals surface area (Å²) in [6.45, 7) is 2.31. The Morgan fingerprint density at radius 3 is 1.96 bits per heavy atom. The minimum atomic E-state index is -0.356. The van der Waals surface area contributed by atoms with Crippen molar-refractivity contribution in [1.29, 1.82) is 5.26 Å². The highest BCUT2D eigenvalue weighted by Gasteiger charge is 2.26. The van der Waals surface area contributed by atoms with Gasteiger partial charge in [0.15, 0.2) is 0 Å². The lowest BCUT2D eigenvalue weighted by molar-refractivity contribution is 0.224. The van der Waals surface area contributed by atoms with Crippen molar-refractivity contribution in [2.75, 3.05) is 0 Å². The second-order valence-corrected chi connectivity index (χ2v) is 8.79. The lowest BCUT2D eigenvalue weighted by atomic mass is 9.73. The molecular formula is C24H34FN. The van der Waals surface area contributed by atoms with Crippen LogP contribution in [0.5, 0.6) is 0 Å². The van der Waals surface area contributed by atoms with Gasteiger partial charge in [-0.3, -0.25) is 0 Å². The Labute approximate surface area is 159 Å². The van der Waals surface area contributed by atoms with Gasteiger partial charge in [0.2, 0.25) is 0 Å². The first-order valence-electron chi connectivity index (χ1n) is 10.9. The summed E-state index contributed by atoms with van der Waals surface area (Å²) in [5, 5.41) is 9.27. The fraction of sp³-hybridized carbons (Fsp3) is 0.708. The number of hydrogen-bond donors (Lipinski definition) is 0. The first-order chi connectivity index (χ1) is 12.7. The van der Waals surface area contributed by atoms with E-state index >= 15 is 0 Å². The highest BCUT2D eigenvalue weighted by Crippen LogP contribution is 2.41. The van der Waals surface area contributed by atoms with Crippen LogP contribution in [0.3, 0.4) is 0 Å². The van der Waals surface area contributed by atoms with Gasteiger partial charge in [-0.2, -0.15) is 5.26 Å². The molecule has 2 aliphatic rings. The summed E-state index contributed by atoms with van der Waals surface area (Å²) in [7, 11) is 0. The predicted octanol–water partition coefficient (Wildman–Crippen LogP) is 7.36. The molecule has 2 fully saturated rings. The lowest BCUT2D eigenvalue weighted by Gasteiger charge is -2.32. The predicted molar refractivity (Wildman–Crippen MR) is 105 cm³/mol. The average Bonchev–Trinajstić information content (AvgIpc) is 2.68. The van der Waals surface area contributed by atoms with Crippen LogP contribution in [0.1, 0.15) is 101 Å². The van der Waals surface area contributed by atoms with E-state index in [-0.39, 0.29) is 11.4 Å². The molecule has 2 saturated carbocycles. The second-order valence-electron chi connectivity index (χ2n) is 8.79. The fourth-order valence-corrected chi connectivity index (χ4v) is 5.45. The molecular weight excluding hydrogens is 321 g/mol. The van der Waals surface area contributed by atoms with Crippen LogP contribution in [-0.2, 0) is 0 Å². The molecule has 3 rings (SSSR count). The van der Waals surface area contributed by atoms with Gasteiger partial charge in [-0.15, -0.1) is 0 Å². The first kappa shape index (κ1) is 19.4. The van der Waals surface area contributed by atoms with Gasteiger partial charge in [0, 0.05) is 0 Å². The summed E-state index contributed by atoms with van der Waals surface area (Å²) < 4.78 is 13.9. The first-order valence-corrected chi connectivity index (χ1v) is 10.9. The summed E-state index contributed by atoms with van der Waals surface area (Å²) in [5.41, 5.74) is 1.22. The number of nitriles is 1. The van der Waals surface area contributed by atoms with Crippen LogP contribution in [0.15, 0.2) is 18.2 Å². The smallest absolute Gasteiger partial charge is 0.141 e. The third-order valence-corrected chi connectivity index (χ3v) is 7.09. The normalized spacial score (nSPS) is 29.3. The minimum Gasteiger partial charge on any atom is -0.206 e. The van der Waals surface area contributed by atoms with E-state index in [0.717, 1.165) is 36.2 Å². The van der Waals surface area contributed by atoms with Crippen LogP contribution in [0.4, 0.5) is 4.39 Å². The molecule has 0 aromatic heterocycles. The van der Waals surface area contributed by atoms with Gasteiger partial charge in [0.05, 0.1) is 5.56 Å². The minimum absolute atomic E-state index is 0.278. The monoisotopic (exact) mass is 355 g/mol. The van der Waals surface area contributed by atoms with E-state index < -0.39 is 0 Å². The van der Waals surface area contributed by atoms with E-state index in [4.69, 9.17) is 0 Å². The molecule has 0 amide bonds. The number of rotatable bonds is 6. The third kappa shape index (κ3) is 4.87. The van der Waals surface area contributed by atoms with E-state index in [9.17, 15) is 9.65 Å². The number of halogens is 1. The van der Waals surface area contributed by atoms with Crippen LogP contribution in [0.2, 0.25) is 0 Å². The molecule has 0 spiro atoms. The number of nitrogens with zero attached hydrogens (tertiary/aromatic N) is 1. The summed E-state index contributed by atoms with van der Waals surface area (Å²) >= 11 is 0. The van der Waals surface area contributed by atoms with Crippen molar-refractivity contribution in [2.45, 2.75) is 89.9 Å². The number of benzene rings is 1. The van der Waals surface area contributed by atoms with Crippen molar-refractivity contribution < 1.29 is 4.39 Å². The van der Waals surface area contributed by atoms with E-state index in [2.05, 4.69) is 13.0 Å². The molecule has 0 aliphatic heterocycles. The zero-order valence-electron chi connectivity index (χ0n) is 16.4. The maximum absolute atomic E-state index is 13.9. The molecule has 1 aromatic rings. The molecule has 0 N–H and O–H groups in total. The van der Waals surface area contributed by atoms with Crippen molar-refractivity contribution >= 4 is 0 Å². The quantitative estimate of drug-likeness (QED) is 0.523. The van der Waals surface area contributed by atoms with Crippen LogP contribution in [0.25, 0.3) is 0 Å². The Bertz CT molecular complexity index is 601. The van der Waals surface area contributed by atoms with Crippen LogP contribution in [0, 0.1) is 34.9 Å². The van der Waals surface area contributed by atoms with Crippen molar-refractivity contribution in [3.63, 3.8) is 0 Å². The zero-order valence-corrected chi connectivity index (χ0v) is 16.4. The van der Waals surface area contributed by atoms with Crippen molar-refractivity contribution in [3.05, 3.63) is 35.1 Å². The SMILES string of the molecule is CCCC1CCC(CCC2CCC(c3cccc(F)c3C#N)CC2)CC1. The summed E-state index contributed by atoms with van der Waals surface area (Å²) in [4.78, 5) is 0. The topological polar surface area (TPSA) is 23.8 Å². The van der Waals surface area contributed by atoms with Crippen LogP contribution < -0.4 is 0 Å². The third-order valence-electron chi connectivity index (χ3n) is 7.09. The maximum Gasteiger partial charge on any atom is 0.141 e. The van der Waals surface area contributed by atoms with E-state index in [1.165, 1.54) is 70.3 Å². The second kappa shape index (κ2) is 9.54. The van der Waals surface area contributed by atoms with Crippen molar-refractivity contribution in [1.82, 2.24) is 0 Å². The van der Waals surface area contributed by atoms with Gasteiger partial charge >= 0.3 is 0 Å². The van der Waals surface area contributed by atoms with Gasteiger partial charge in [-0.25, -0.2) is 4.39 Å². The van der Waals surface area contributed by atoms with Crippen molar-refractivity contribution in [3.8, 4) is 6.07 Å². The largest absolute Gasteiger partial charge is 0.206 e. The maximum atomic E-state index is 13.9. The molecule has 1 aromatic carbocycles. The Morgan fingerprint density at radius 2 is 1.42 bits per heavy atom. The van der Waals surface area contributed by atoms with Gasteiger partial charge in [-0.05, 0) is 61.0 Å². The molecule has 2 heteroatoms. The van der Waals surface area contributed by atoms with Gasteiger partial charge in [-0.1, -0.05) is 70.4 Å². The Kier molecular flexibility index (Phi) is 7.12. The van der Waals surface area contributed by atoms with Crippen LogP contribution in [-0.4, -0.2) is 0 Å². The number of hydrogen-bond acceptors (Lipinski definition) is 1. The standard InChI is InChI=1S/C24H34FN/c1-2-4-18-7-9-19(10-8-18)11-12-20-13-15-21(16-14-20)22-5-3-6-24(25)23(22)17-26/h3,5-6,18-21H,2,4,7-16H2,1H3. The fourth-order valence-electron chi connectivity index (χ4n) is 5.45. The summed E-state index contributed by atoms with van der Waals surface area (Å²) in [5.74, 6) is 2.84. The average molecular weight is 356 g/mol. The Morgan fingerprint density at radius 1 is 0.885 bits per heavy atom. The highest BCUT2D eigenvalue weighted by atomic mass is 19.1.